The van der Waals surface area contributed by atoms with Crippen molar-refractivity contribution in [1.29, 1.82) is 0 Å². The number of hydrogen-bond donors (Lipinski definition) is 2. The van der Waals surface area contributed by atoms with Gasteiger partial charge < -0.3 is 15.3 Å². The minimum absolute atomic E-state index is 0.347. The number of rotatable bonds is 4. The summed E-state index contributed by atoms with van der Waals surface area (Å²) in [6, 6.07) is 13.6. The lowest BCUT2D eigenvalue weighted by atomic mass is 9.85. The van der Waals surface area contributed by atoms with E-state index in [0.29, 0.717) is 25.0 Å². The molecule has 2 aliphatic rings. The Balaban J connectivity index is 1.50. The van der Waals surface area contributed by atoms with Gasteiger partial charge in [0, 0.05) is 23.2 Å². The second-order valence-corrected chi connectivity index (χ2v) is 8.71. The van der Waals surface area contributed by atoms with Gasteiger partial charge in [-0.3, -0.25) is 0 Å². The van der Waals surface area contributed by atoms with Crippen LogP contribution in [0.1, 0.15) is 60.4 Å². The Labute approximate surface area is 175 Å². The normalized spacial score (nSPS) is 19.5. The molecule has 1 fully saturated rings. The zero-order valence-electron chi connectivity index (χ0n) is 16.2. The third-order valence-electron chi connectivity index (χ3n) is 6.26. The van der Waals surface area contributed by atoms with Crippen molar-refractivity contribution in [1.82, 2.24) is 4.90 Å². The second-order valence-electron chi connectivity index (χ2n) is 7.86. The number of fused-ring (bicyclic) bond motifs is 1. The third kappa shape index (κ3) is 3.77. The Morgan fingerprint density at radius 1 is 1.21 bits per heavy atom. The molecule has 1 amide bonds. The van der Waals surface area contributed by atoms with E-state index in [1.807, 2.05) is 0 Å². The van der Waals surface area contributed by atoms with Crippen molar-refractivity contribution in [3.8, 4) is 0 Å². The van der Waals surface area contributed by atoms with E-state index in [2.05, 4.69) is 64.6 Å². The van der Waals surface area contributed by atoms with Crippen LogP contribution in [0.3, 0.4) is 0 Å². The van der Waals surface area contributed by atoms with Crippen LogP contribution >= 0.6 is 15.9 Å². The number of anilines is 1. The number of halogens is 1. The molecule has 5 heteroatoms. The summed E-state index contributed by atoms with van der Waals surface area (Å²) >= 11 is 3.72. The number of nitrogens with one attached hydrogen (secondary N) is 1. The van der Waals surface area contributed by atoms with Crippen LogP contribution in [0, 0.1) is 0 Å². The van der Waals surface area contributed by atoms with E-state index in [1.54, 1.807) is 0 Å². The standard InChI is InChI=1S/C23H27BrN2O2/c1-2-15-14-18(25-21-9-6-17-4-3-5-20(24)22(17)21)7-8-19(15)16-10-12-26(13-11-16)23(27)28/h3-5,7-8,14,16,21,25H,2,6,9-13H2,1H3,(H,27,28). The highest BCUT2D eigenvalue weighted by Gasteiger charge is 2.26. The highest BCUT2D eigenvalue weighted by atomic mass is 79.9. The van der Waals surface area contributed by atoms with Gasteiger partial charge in [0.1, 0.15) is 0 Å². The first-order valence-electron chi connectivity index (χ1n) is 10.2. The molecular weight excluding hydrogens is 416 g/mol. The molecule has 4 nitrogen and oxygen atoms in total. The zero-order chi connectivity index (χ0) is 19.7. The van der Waals surface area contributed by atoms with Crippen molar-refractivity contribution in [2.24, 2.45) is 0 Å². The zero-order valence-corrected chi connectivity index (χ0v) is 17.8. The van der Waals surface area contributed by atoms with Crippen LogP contribution in [-0.2, 0) is 12.8 Å². The molecule has 0 bridgehead atoms. The highest BCUT2D eigenvalue weighted by molar-refractivity contribution is 9.10. The van der Waals surface area contributed by atoms with Gasteiger partial charge in [-0.2, -0.15) is 0 Å². The van der Waals surface area contributed by atoms with Gasteiger partial charge in [-0.15, -0.1) is 0 Å². The summed E-state index contributed by atoms with van der Waals surface area (Å²) in [7, 11) is 0. The average molecular weight is 443 g/mol. The summed E-state index contributed by atoms with van der Waals surface area (Å²) in [6.07, 6.45) is 4.26. The Kier molecular flexibility index (Phi) is 5.63. The number of hydrogen-bond acceptors (Lipinski definition) is 2. The Morgan fingerprint density at radius 2 is 2.00 bits per heavy atom. The minimum atomic E-state index is -0.795. The molecule has 2 aromatic carbocycles. The summed E-state index contributed by atoms with van der Waals surface area (Å²) in [4.78, 5) is 12.7. The minimum Gasteiger partial charge on any atom is -0.465 e. The Hall–Kier alpha value is -2.01. The van der Waals surface area contributed by atoms with Crippen molar-refractivity contribution < 1.29 is 9.90 Å². The Morgan fingerprint density at radius 3 is 2.71 bits per heavy atom. The van der Waals surface area contributed by atoms with Gasteiger partial charge in [-0.1, -0.05) is 41.1 Å². The summed E-state index contributed by atoms with van der Waals surface area (Å²) in [5, 5.41) is 12.9. The molecule has 0 radical (unpaired) electrons. The third-order valence-corrected chi connectivity index (χ3v) is 6.96. The van der Waals surface area contributed by atoms with Gasteiger partial charge in [-0.05, 0) is 78.5 Å². The predicted molar refractivity (Wildman–Crippen MR) is 116 cm³/mol. The smallest absolute Gasteiger partial charge is 0.407 e. The van der Waals surface area contributed by atoms with Gasteiger partial charge in [-0.25, -0.2) is 4.79 Å². The molecule has 148 valence electrons. The number of amides is 1. The molecule has 0 aromatic heterocycles. The van der Waals surface area contributed by atoms with Crippen LogP contribution < -0.4 is 5.32 Å². The maximum Gasteiger partial charge on any atom is 0.407 e. The first kappa shape index (κ1) is 19.3. The largest absolute Gasteiger partial charge is 0.465 e. The summed E-state index contributed by atoms with van der Waals surface area (Å²) < 4.78 is 1.19. The van der Waals surface area contributed by atoms with Crippen LogP contribution in [0.2, 0.25) is 0 Å². The molecule has 1 saturated heterocycles. The molecular formula is C23H27BrN2O2. The molecule has 1 aliphatic carbocycles. The monoisotopic (exact) mass is 442 g/mol. The van der Waals surface area contributed by atoms with Crippen molar-refractivity contribution in [2.75, 3.05) is 18.4 Å². The lowest BCUT2D eigenvalue weighted by molar-refractivity contribution is 0.132. The summed E-state index contributed by atoms with van der Waals surface area (Å²) in [6.45, 7) is 3.47. The number of benzene rings is 2. The van der Waals surface area contributed by atoms with E-state index in [4.69, 9.17) is 0 Å². The number of nitrogens with zero attached hydrogens (tertiary/aromatic N) is 1. The van der Waals surface area contributed by atoms with Crippen molar-refractivity contribution in [3.05, 3.63) is 63.1 Å². The van der Waals surface area contributed by atoms with Crippen LogP contribution in [0.5, 0.6) is 0 Å². The van der Waals surface area contributed by atoms with E-state index in [1.165, 1.54) is 37.3 Å². The second kappa shape index (κ2) is 8.16. The quantitative estimate of drug-likeness (QED) is 0.612. The van der Waals surface area contributed by atoms with E-state index < -0.39 is 6.09 Å². The topological polar surface area (TPSA) is 52.6 Å². The Bertz CT molecular complexity index is 875. The molecule has 28 heavy (non-hydrogen) atoms. The van der Waals surface area contributed by atoms with Crippen LogP contribution in [0.15, 0.2) is 40.9 Å². The number of carbonyl (C=O) groups is 1. The fraction of sp³-hybridized carbons (Fsp3) is 0.435. The van der Waals surface area contributed by atoms with Crippen LogP contribution in [-0.4, -0.2) is 29.2 Å². The first-order chi connectivity index (χ1) is 13.6. The lowest BCUT2D eigenvalue weighted by Crippen LogP contribution is -2.36. The van der Waals surface area contributed by atoms with Crippen molar-refractivity contribution in [2.45, 2.75) is 51.0 Å². The molecule has 0 spiro atoms. The fourth-order valence-corrected chi connectivity index (χ4v) is 5.44. The molecule has 2 aromatic rings. The maximum absolute atomic E-state index is 11.2. The van der Waals surface area contributed by atoms with Gasteiger partial charge in [0.25, 0.3) is 0 Å². The lowest BCUT2D eigenvalue weighted by Gasteiger charge is -2.31. The number of likely N-dealkylation sites (tertiary alicyclic amines) is 1. The summed E-state index contributed by atoms with van der Waals surface area (Å²) in [5.41, 5.74) is 6.78. The fourth-order valence-electron chi connectivity index (χ4n) is 4.76. The van der Waals surface area contributed by atoms with Gasteiger partial charge in [0.05, 0.1) is 6.04 Å². The van der Waals surface area contributed by atoms with Crippen molar-refractivity contribution >= 4 is 27.7 Å². The van der Waals surface area contributed by atoms with E-state index in [-0.39, 0.29) is 0 Å². The SMILES string of the molecule is CCc1cc(NC2CCc3cccc(Br)c32)ccc1C1CCN(C(=O)O)CC1. The number of piperidine rings is 1. The van der Waals surface area contributed by atoms with E-state index in [9.17, 15) is 9.90 Å². The van der Waals surface area contributed by atoms with Crippen molar-refractivity contribution in [3.63, 3.8) is 0 Å². The maximum atomic E-state index is 11.2. The van der Waals surface area contributed by atoms with Gasteiger partial charge in [0.15, 0.2) is 0 Å². The molecule has 1 unspecified atom stereocenters. The number of aryl methyl sites for hydroxylation is 2. The number of carboxylic acid groups (broad SMARTS) is 1. The molecule has 1 heterocycles. The van der Waals surface area contributed by atoms with E-state index >= 15 is 0 Å². The molecule has 2 N–H and O–H groups in total. The average Bonchev–Trinajstić information content (AvgIpc) is 3.12. The molecule has 0 saturated carbocycles. The van der Waals surface area contributed by atoms with Gasteiger partial charge in [0.2, 0.25) is 0 Å². The van der Waals surface area contributed by atoms with Crippen LogP contribution in [0.25, 0.3) is 0 Å². The van der Waals surface area contributed by atoms with E-state index in [0.717, 1.165) is 32.1 Å². The molecule has 1 atom stereocenters. The summed E-state index contributed by atoms with van der Waals surface area (Å²) in [5.74, 6) is 0.459. The van der Waals surface area contributed by atoms with Gasteiger partial charge >= 0.3 is 6.09 Å². The predicted octanol–water partition coefficient (Wildman–Crippen LogP) is 5.97. The molecule has 4 rings (SSSR count). The van der Waals surface area contributed by atoms with Crippen LogP contribution in [0.4, 0.5) is 10.5 Å². The first-order valence-corrected chi connectivity index (χ1v) is 11.0. The molecule has 1 aliphatic heterocycles. The highest BCUT2D eigenvalue weighted by Crippen LogP contribution is 2.39.